The monoisotopic (exact) mass is 125 g/mol. The van der Waals surface area contributed by atoms with Gasteiger partial charge in [-0.1, -0.05) is 0 Å². The van der Waals surface area contributed by atoms with E-state index in [2.05, 4.69) is 4.74 Å². The summed E-state index contributed by atoms with van der Waals surface area (Å²) in [6, 6.07) is 0. The summed E-state index contributed by atoms with van der Waals surface area (Å²) >= 11 is 0. The Hall–Kier alpha value is -0.220. The SMILES string of the molecule is COC(C)C([O])(F)F. The molecular weight excluding hydrogens is 118 g/mol. The van der Waals surface area contributed by atoms with Gasteiger partial charge in [-0.15, -0.1) is 0 Å². The molecule has 0 rings (SSSR count). The standard InChI is InChI=1S/C4H7F2O2/c1-3(8-2)4(5,6)7/h3H,1-2H3. The third-order valence-corrected chi connectivity index (χ3v) is 0.827. The molecule has 2 nitrogen and oxygen atoms in total. The zero-order chi connectivity index (χ0) is 6.78. The van der Waals surface area contributed by atoms with Gasteiger partial charge in [-0.2, -0.15) is 13.9 Å². The Morgan fingerprint density at radius 3 is 2.00 bits per heavy atom. The number of alkyl halides is 2. The molecule has 0 aliphatic rings. The van der Waals surface area contributed by atoms with Gasteiger partial charge in [0.05, 0.1) is 0 Å². The van der Waals surface area contributed by atoms with Gasteiger partial charge < -0.3 is 4.74 Å². The van der Waals surface area contributed by atoms with Crippen LogP contribution in [0.3, 0.4) is 0 Å². The zero-order valence-corrected chi connectivity index (χ0v) is 4.65. The Bertz CT molecular complexity index is 68.9. The Balaban J connectivity index is 3.62. The molecule has 4 heteroatoms. The van der Waals surface area contributed by atoms with E-state index in [1.807, 2.05) is 0 Å². The molecule has 0 aliphatic heterocycles. The topological polar surface area (TPSA) is 29.1 Å². The summed E-state index contributed by atoms with van der Waals surface area (Å²) in [6.07, 6.45) is -5.50. The molecule has 0 aromatic carbocycles. The minimum atomic E-state index is -3.96. The minimum absolute atomic E-state index is 1.02. The van der Waals surface area contributed by atoms with E-state index in [4.69, 9.17) is 0 Å². The molecule has 1 radical (unpaired) electrons. The molecule has 1 atom stereocenters. The number of ether oxygens (including phenoxy) is 1. The fraction of sp³-hybridized carbons (Fsp3) is 1.00. The summed E-state index contributed by atoms with van der Waals surface area (Å²) in [5, 5.41) is 9.58. The fourth-order valence-electron chi connectivity index (χ4n) is 0.137. The lowest BCUT2D eigenvalue weighted by Crippen LogP contribution is -2.30. The van der Waals surface area contributed by atoms with Crippen molar-refractivity contribution < 1.29 is 18.6 Å². The summed E-state index contributed by atoms with van der Waals surface area (Å²) in [5.41, 5.74) is 0. The zero-order valence-electron chi connectivity index (χ0n) is 4.65. The second-order valence-electron chi connectivity index (χ2n) is 1.44. The Morgan fingerprint density at radius 1 is 1.62 bits per heavy atom. The normalized spacial score (nSPS) is 16.1. The molecule has 0 bridgehead atoms. The van der Waals surface area contributed by atoms with Crippen molar-refractivity contribution in [3.05, 3.63) is 0 Å². The van der Waals surface area contributed by atoms with Gasteiger partial charge in [-0.3, -0.25) is 0 Å². The number of hydrogen-bond acceptors (Lipinski definition) is 1. The highest BCUT2D eigenvalue weighted by Crippen LogP contribution is 2.16. The van der Waals surface area contributed by atoms with Crippen molar-refractivity contribution >= 4 is 0 Å². The van der Waals surface area contributed by atoms with Crippen molar-refractivity contribution in [2.75, 3.05) is 7.11 Å². The maximum absolute atomic E-state index is 11.4. The largest absolute Gasteiger partial charge is 0.406 e. The number of hydrogen-bond donors (Lipinski definition) is 0. The maximum atomic E-state index is 11.4. The smallest absolute Gasteiger partial charge is 0.373 e. The highest BCUT2D eigenvalue weighted by Gasteiger charge is 2.35. The predicted octanol–water partition coefficient (Wildman–Crippen LogP) is 1.04. The third-order valence-electron chi connectivity index (χ3n) is 0.827. The number of rotatable bonds is 2. The summed E-state index contributed by atoms with van der Waals surface area (Å²) in [6.45, 7) is 1.02. The van der Waals surface area contributed by atoms with Crippen LogP contribution >= 0.6 is 0 Å². The first-order valence-corrected chi connectivity index (χ1v) is 2.09. The molecule has 0 heterocycles. The van der Waals surface area contributed by atoms with E-state index in [0.717, 1.165) is 14.0 Å². The van der Waals surface area contributed by atoms with E-state index in [9.17, 15) is 13.9 Å². The molecule has 0 amide bonds. The Labute approximate surface area is 46.1 Å². The van der Waals surface area contributed by atoms with Crippen LogP contribution < -0.4 is 0 Å². The van der Waals surface area contributed by atoms with Crippen LogP contribution in [0.4, 0.5) is 8.78 Å². The maximum Gasteiger partial charge on any atom is 0.406 e. The first-order chi connectivity index (χ1) is 3.48. The molecular formula is C4H7F2O2. The molecule has 0 N–H and O–H groups in total. The molecule has 0 aromatic heterocycles. The van der Waals surface area contributed by atoms with Gasteiger partial charge in [-0.05, 0) is 6.92 Å². The fourth-order valence-corrected chi connectivity index (χ4v) is 0.137. The van der Waals surface area contributed by atoms with Crippen molar-refractivity contribution in [1.82, 2.24) is 0 Å². The lowest BCUT2D eigenvalue weighted by molar-refractivity contribution is -0.294. The van der Waals surface area contributed by atoms with Gasteiger partial charge in [0.25, 0.3) is 0 Å². The van der Waals surface area contributed by atoms with Crippen LogP contribution in [0.5, 0.6) is 0 Å². The van der Waals surface area contributed by atoms with Crippen LogP contribution in [0.1, 0.15) is 6.92 Å². The van der Waals surface area contributed by atoms with Gasteiger partial charge in [0, 0.05) is 7.11 Å². The lowest BCUT2D eigenvalue weighted by atomic mass is 10.4. The molecule has 0 aliphatic carbocycles. The van der Waals surface area contributed by atoms with Crippen LogP contribution in [-0.2, 0) is 9.84 Å². The Kier molecular flexibility index (Phi) is 2.30. The molecule has 8 heavy (non-hydrogen) atoms. The van der Waals surface area contributed by atoms with Crippen molar-refractivity contribution in [1.29, 1.82) is 0 Å². The molecule has 0 aromatic rings. The molecule has 49 valence electrons. The summed E-state index contributed by atoms with van der Waals surface area (Å²) in [4.78, 5) is 0. The minimum Gasteiger partial charge on any atom is -0.373 e. The van der Waals surface area contributed by atoms with Crippen LogP contribution in [0, 0.1) is 0 Å². The van der Waals surface area contributed by atoms with Crippen LogP contribution in [-0.4, -0.2) is 19.3 Å². The van der Waals surface area contributed by atoms with E-state index in [-0.39, 0.29) is 0 Å². The average molecular weight is 125 g/mol. The first-order valence-electron chi connectivity index (χ1n) is 2.09. The highest BCUT2D eigenvalue weighted by molar-refractivity contribution is 4.57. The second kappa shape index (κ2) is 2.37. The van der Waals surface area contributed by atoms with Crippen LogP contribution in [0.25, 0.3) is 0 Å². The van der Waals surface area contributed by atoms with Gasteiger partial charge in [-0.25, -0.2) is 0 Å². The van der Waals surface area contributed by atoms with E-state index in [1.165, 1.54) is 0 Å². The number of methoxy groups -OCH3 is 1. The van der Waals surface area contributed by atoms with E-state index in [1.54, 1.807) is 0 Å². The molecule has 0 spiro atoms. The van der Waals surface area contributed by atoms with Gasteiger partial charge in [0.2, 0.25) is 0 Å². The van der Waals surface area contributed by atoms with E-state index >= 15 is 0 Å². The van der Waals surface area contributed by atoms with Crippen molar-refractivity contribution in [3.63, 3.8) is 0 Å². The first kappa shape index (κ1) is 7.78. The molecule has 1 unspecified atom stereocenters. The number of halogens is 2. The Morgan fingerprint density at radius 2 is 2.00 bits per heavy atom. The molecule has 0 saturated carbocycles. The lowest BCUT2D eigenvalue weighted by Gasteiger charge is -2.12. The van der Waals surface area contributed by atoms with E-state index in [0.29, 0.717) is 0 Å². The van der Waals surface area contributed by atoms with Crippen LogP contribution in [0.15, 0.2) is 0 Å². The summed E-state index contributed by atoms with van der Waals surface area (Å²) in [7, 11) is 1.07. The highest BCUT2D eigenvalue weighted by atomic mass is 19.3. The van der Waals surface area contributed by atoms with Gasteiger partial charge >= 0.3 is 6.11 Å². The molecule has 0 saturated heterocycles. The van der Waals surface area contributed by atoms with E-state index < -0.39 is 12.2 Å². The molecule has 0 fully saturated rings. The summed E-state index contributed by atoms with van der Waals surface area (Å²) in [5.74, 6) is 0. The van der Waals surface area contributed by atoms with Crippen molar-refractivity contribution in [2.45, 2.75) is 19.1 Å². The van der Waals surface area contributed by atoms with Crippen molar-refractivity contribution in [2.24, 2.45) is 0 Å². The quantitative estimate of drug-likeness (QED) is 0.542. The van der Waals surface area contributed by atoms with Gasteiger partial charge in [0.15, 0.2) is 0 Å². The van der Waals surface area contributed by atoms with Crippen LogP contribution in [0.2, 0.25) is 0 Å². The van der Waals surface area contributed by atoms with Gasteiger partial charge in [0.1, 0.15) is 6.10 Å². The average Bonchev–Trinajstić information content (AvgIpc) is 1.62. The third kappa shape index (κ3) is 2.18. The summed E-state index contributed by atoms with van der Waals surface area (Å²) < 4.78 is 26.9. The second-order valence-corrected chi connectivity index (χ2v) is 1.44. The van der Waals surface area contributed by atoms with Crippen molar-refractivity contribution in [3.8, 4) is 0 Å². The predicted molar refractivity (Wildman–Crippen MR) is 22.1 cm³/mol.